The van der Waals surface area contributed by atoms with Crippen LogP contribution >= 0.6 is 0 Å². The molecule has 0 spiro atoms. The van der Waals surface area contributed by atoms with Crippen molar-refractivity contribution < 1.29 is 19.6 Å². The summed E-state index contributed by atoms with van der Waals surface area (Å²) in [5.74, 6) is -1.09. The number of benzene rings is 1. The van der Waals surface area contributed by atoms with Crippen LogP contribution < -0.4 is 5.32 Å². The summed E-state index contributed by atoms with van der Waals surface area (Å²) >= 11 is 0. The standard InChI is InChI=1S/C16H20N2O5/c1-10-5-7-16(8-6-10,15(20)21)17-14(19)13-4-3-12(18(22)23)9-11(13)2/h3-4,9-10H,5-8H2,1-2H3,(H,17,19)(H,20,21). The molecule has 1 fully saturated rings. The first-order chi connectivity index (χ1) is 10.7. The van der Waals surface area contributed by atoms with Gasteiger partial charge in [-0.15, -0.1) is 0 Å². The summed E-state index contributed by atoms with van der Waals surface area (Å²) in [5, 5.41) is 23.0. The average Bonchev–Trinajstić information content (AvgIpc) is 2.49. The molecular weight excluding hydrogens is 300 g/mol. The lowest BCUT2D eigenvalue weighted by atomic mass is 9.77. The number of carbonyl (C=O) groups excluding carboxylic acids is 1. The van der Waals surface area contributed by atoms with Crippen molar-refractivity contribution in [2.24, 2.45) is 5.92 Å². The minimum Gasteiger partial charge on any atom is -0.480 e. The van der Waals surface area contributed by atoms with Crippen molar-refractivity contribution in [1.82, 2.24) is 5.32 Å². The minimum absolute atomic E-state index is 0.0986. The van der Waals surface area contributed by atoms with Gasteiger partial charge in [-0.2, -0.15) is 0 Å². The molecule has 0 aliphatic heterocycles. The largest absolute Gasteiger partial charge is 0.480 e. The number of nitrogens with zero attached hydrogens (tertiary/aromatic N) is 1. The molecule has 0 radical (unpaired) electrons. The van der Waals surface area contributed by atoms with Gasteiger partial charge in [0.25, 0.3) is 11.6 Å². The number of nitrogens with one attached hydrogen (secondary N) is 1. The Labute approximate surface area is 133 Å². The molecule has 1 saturated carbocycles. The molecule has 0 atom stereocenters. The first-order valence-corrected chi connectivity index (χ1v) is 7.56. The van der Waals surface area contributed by atoms with E-state index in [1.165, 1.54) is 18.2 Å². The highest BCUT2D eigenvalue weighted by Crippen LogP contribution is 2.32. The molecule has 1 amide bonds. The van der Waals surface area contributed by atoms with Crippen molar-refractivity contribution in [3.63, 3.8) is 0 Å². The van der Waals surface area contributed by atoms with E-state index in [0.717, 1.165) is 12.8 Å². The second kappa shape index (κ2) is 6.36. The second-order valence-corrected chi connectivity index (χ2v) is 6.28. The quantitative estimate of drug-likeness (QED) is 0.654. The maximum atomic E-state index is 12.5. The topological polar surface area (TPSA) is 110 Å². The van der Waals surface area contributed by atoms with E-state index in [9.17, 15) is 24.8 Å². The van der Waals surface area contributed by atoms with Crippen molar-refractivity contribution in [3.8, 4) is 0 Å². The number of amides is 1. The van der Waals surface area contributed by atoms with E-state index >= 15 is 0 Å². The van der Waals surface area contributed by atoms with Gasteiger partial charge in [0.15, 0.2) is 0 Å². The van der Waals surface area contributed by atoms with E-state index in [4.69, 9.17) is 0 Å². The van der Waals surface area contributed by atoms with E-state index in [2.05, 4.69) is 12.2 Å². The Morgan fingerprint density at radius 1 is 1.35 bits per heavy atom. The van der Waals surface area contributed by atoms with Gasteiger partial charge >= 0.3 is 5.97 Å². The Kier molecular flexibility index (Phi) is 4.68. The molecule has 2 N–H and O–H groups in total. The normalized spacial score (nSPS) is 24.0. The van der Waals surface area contributed by atoms with E-state index in [0.29, 0.717) is 24.3 Å². The summed E-state index contributed by atoms with van der Waals surface area (Å²) in [6, 6.07) is 3.92. The lowest BCUT2D eigenvalue weighted by Gasteiger charge is -2.36. The SMILES string of the molecule is Cc1cc([N+](=O)[O-])ccc1C(=O)NC1(C(=O)O)CCC(C)CC1. The van der Waals surface area contributed by atoms with E-state index in [1.54, 1.807) is 6.92 Å². The molecule has 1 aliphatic carbocycles. The van der Waals surface area contributed by atoms with Gasteiger partial charge in [-0.25, -0.2) is 4.79 Å². The average molecular weight is 320 g/mol. The second-order valence-electron chi connectivity index (χ2n) is 6.28. The monoisotopic (exact) mass is 320 g/mol. The predicted octanol–water partition coefficient (Wildman–Crippen LogP) is 2.67. The lowest BCUT2D eigenvalue weighted by Crippen LogP contribution is -2.56. The third-order valence-electron chi connectivity index (χ3n) is 4.56. The van der Waals surface area contributed by atoms with Crippen LogP contribution in [0.5, 0.6) is 0 Å². The first-order valence-electron chi connectivity index (χ1n) is 7.56. The van der Waals surface area contributed by atoms with E-state index < -0.39 is 22.3 Å². The number of nitro groups is 1. The maximum Gasteiger partial charge on any atom is 0.329 e. The summed E-state index contributed by atoms with van der Waals surface area (Å²) in [7, 11) is 0. The van der Waals surface area contributed by atoms with Crippen molar-refractivity contribution >= 4 is 17.6 Å². The molecule has 7 nitrogen and oxygen atoms in total. The third kappa shape index (κ3) is 3.49. The van der Waals surface area contributed by atoms with Crippen molar-refractivity contribution in [2.45, 2.75) is 45.1 Å². The first kappa shape index (κ1) is 16.9. The Hall–Kier alpha value is -2.44. The smallest absolute Gasteiger partial charge is 0.329 e. The van der Waals surface area contributed by atoms with Gasteiger partial charge in [-0.1, -0.05) is 6.92 Å². The van der Waals surface area contributed by atoms with Crippen LogP contribution in [0, 0.1) is 23.0 Å². The summed E-state index contributed by atoms with van der Waals surface area (Å²) in [6.45, 7) is 3.66. The van der Waals surface area contributed by atoms with Crippen LogP contribution in [0.25, 0.3) is 0 Å². The molecule has 0 saturated heterocycles. The predicted molar refractivity (Wildman–Crippen MR) is 83.3 cm³/mol. The molecule has 0 heterocycles. The van der Waals surface area contributed by atoms with Crippen molar-refractivity contribution in [1.29, 1.82) is 0 Å². The number of aryl methyl sites for hydroxylation is 1. The molecule has 0 unspecified atom stereocenters. The van der Waals surface area contributed by atoms with E-state index in [-0.39, 0.29) is 11.3 Å². The van der Waals surface area contributed by atoms with Gasteiger partial charge in [0.05, 0.1) is 4.92 Å². The number of hydrogen-bond donors (Lipinski definition) is 2. The number of carbonyl (C=O) groups is 2. The zero-order valence-corrected chi connectivity index (χ0v) is 13.2. The van der Waals surface area contributed by atoms with Gasteiger partial charge in [0.1, 0.15) is 5.54 Å². The van der Waals surface area contributed by atoms with Crippen LogP contribution in [0.3, 0.4) is 0 Å². The van der Waals surface area contributed by atoms with Crippen molar-refractivity contribution in [2.75, 3.05) is 0 Å². The number of carboxylic acids is 1. The molecule has 1 aliphatic rings. The molecule has 23 heavy (non-hydrogen) atoms. The summed E-state index contributed by atoms with van der Waals surface area (Å²) < 4.78 is 0. The van der Waals surface area contributed by atoms with Crippen LogP contribution in [-0.2, 0) is 4.79 Å². The van der Waals surface area contributed by atoms with Crippen LogP contribution in [-0.4, -0.2) is 27.4 Å². The molecule has 124 valence electrons. The third-order valence-corrected chi connectivity index (χ3v) is 4.56. The summed E-state index contributed by atoms with van der Waals surface area (Å²) in [4.78, 5) is 34.4. The Balaban J connectivity index is 2.23. The van der Waals surface area contributed by atoms with Gasteiger partial charge < -0.3 is 10.4 Å². The Morgan fingerprint density at radius 2 is 1.96 bits per heavy atom. The number of rotatable bonds is 4. The number of carboxylic acid groups (broad SMARTS) is 1. The van der Waals surface area contributed by atoms with Crippen LogP contribution in [0.4, 0.5) is 5.69 Å². The lowest BCUT2D eigenvalue weighted by molar-refractivity contribution is -0.384. The summed E-state index contributed by atoms with van der Waals surface area (Å²) in [5.41, 5.74) is -0.646. The zero-order chi connectivity index (χ0) is 17.2. The Morgan fingerprint density at radius 3 is 2.43 bits per heavy atom. The van der Waals surface area contributed by atoms with Crippen molar-refractivity contribution in [3.05, 3.63) is 39.4 Å². The number of non-ortho nitro benzene ring substituents is 1. The fourth-order valence-corrected chi connectivity index (χ4v) is 2.95. The van der Waals surface area contributed by atoms with Gasteiger partial charge in [0, 0.05) is 17.7 Å². The van der Waals surface area contributed by atoms with Gasteiger partial charge in [-0.05, 0) is 50.2 Å². The van der Waals surface area contributed by atoms with E-state index in [1.807, 2.05) is 0 Å². The fraction of sp³-hybridized carbons (Fsp3) is 0.500. The van der Waals surface area contributed by atoms with Gasteiger partial charge in [-0.3, -0.25) is 14.9 Å². The number of aliphatic carboxylic acids is 1. The molecule has 0 bridgehead atoms. The highest BCUT2D eigenvalue weighted by Gasteiger charge is 2.42. The molecular formula is C16H20N2O5. The number of nitro benzene ring substituents is 1. The summed E-state index contributed by atoms with van der Waals surface area (Å²) in [6.07, 6.45) is 2.26. The molecule has 7 heteroatoms. The van der Waals surface area contributed by atoms with Crippen LogP contribution in [0.2, 0.25) is 0 Å². The van der Waals surface area contributed by atoms with Gasteiger partial charge in [0.2, 0.25) is 0 Å². The van der Waals surface area contributed by atoms with Crippen LogP contribution in [0.15, 0.2) is 18.2 Å². The Bertz CT molecular complexity index is 648. The molecule has 1 aromatic rings. The maximum absolute atomic E-state index is 12.5. The molecule has 2 rings (SSSR count). The van der Waals surface area contributed by atoms with Crippen LogP contribution in [0.1, 0.15) is 48.5 Å². The highest BCUT2D eigenvalue weighted by atomic mass is 16.6. The fourth-order valence-electron chi connectivity index (χ4n) is 2.95. The number of hydrogen-bond acceptors (Lipinski definition) is 4. The minimum atomic E-state index is -1.25. The molecule has 0 aromatic heterocycles. The zero-order valence-electron chi connectivity index (χ0n) is 13.2. The highest BCUT2D eigenvalue weighted by molar-refractivity contribution is 5.99. The molecule has 1 aromatic carbocycles.